The van der Waals surface area contributed by atoms with E-state index in [-0.39, 0.29) is 29.1 Å². The molecule has 0 spiro atoms. The van der Waals surface area contributed by atoms with Crippen molar-refractivity contribution < 1.29 is 35.9 Å². The molecule has 0 heterocycles. The van der Waals surface area contributed by atoms with E-state index < -0.39 is 32.1 Å². The minimum Gasteiger partial charge on any atom is -0.489 e. The predicted molar refractivity (Wildman–Crippen MR) is 124 cm³/mol. The molecule has 182 valence electrons. The van der Waals surface area contributed by atoms with Gasteiger partial charge in [-0.05, 0) is 42.5 Å². The lowest BCUT2D eigenvalue weighted by atomic mass is 10.1. The molecule has 0 aliphatic rings. The molecule has 3 aromatic rings. The lowest BCUT2D eigenvalue weighted by molar-refractivity contribution is -0.0436. The molecule has 0 aliphatic carbocycles. The Morgan fingerprint density at radius 1 is 0.886 bits per heavy atom. The Morgan fingerprint density at radius 2 is 1.51 bits per heavy atom. The fourth-order valence-corrected chi connectivity index (χ4v) is 3.79. The SMILES string of the molecule is C=CCOc1ccccc1C(=O)Nc1ccccc1C(=O)Nc1cccc(S(=O)(=O)C(F)(F)F)c1. The van der Waals surface area contributed by atoms with Crippen LogP contribution in [0, 0.1) is 0 Å². The number of sulfone groups is 1. The quantitative estimate of drug-likeness (QED) is 0.418. The summed E-state index contributed by atoms with van der Waals surface area (Å²) in [7, 11) is -5.59. The highest BCUT2D eigenvalue weighted by Gasteiger charge is 2.46. The number of amides is 2. The summed E-state index contributed by atoms with van der Waals surface area (Å²) in [6.07, 6.45) is 1.52. The van der Waals surface area contributed by atoms with Gasteiger partial charge in [0, 0.05) is 5.69 Å². The average Bonchev–Trinajstić information content (AvgIpc) is 2.82. The maximum absolute atomic E-state index is 12.9. The topological polar surface area (TPSA) is 102 Å². The number of carbonyl (C=O) groups is 2. The highest BCUT2D eigenvalue weighted by molar-refractivity contribution is 7.92. The Morgan fingerprint density at radius 3 is 2.20 bits per heavy atom. The standard InChI is InChI=1S/C24H19F3N2O5S/c1-2-14-34-21-13-6-4-11-19(21)23(31)29-20-12-5-3-10-18(20)22(30)28-16-8-7-9-17(15-16)35(32,33)24(25,26)27/h2-13,15H,1,14H2,(H,28,30)(H,29,31). The molecule has 0 unspecified atom stereocenters. The minimum absolute atomic E-state index is 0.00516. The molecule has 0 fully saturated rings. The normalized spacial score (nSPS) is 11.4. The fourth-order valence-electron chi connectivity index (χ4n) is 2.98. The van der Waals surface area contributed by atoms with Gasteiger partial charge in [-0.3, -0.25) is 9.59 Å². The molecule has 7 nitrogen and oxygen atoms in total. The van der Waals surface area contributed by atoms with E-state index in [1.165, 1.54) is 36.4 Å². The van der Waals surface area contributed by atoms with Gasteiger partial charge in [-0.1, -0.05) is 43.0 Å². The summed E-state index contributed by atoms with van der Waals surface area (Å²) in [5, 5.41) is 4.97. The van der Waals surface area contributed by atoms with Gasteiger partial charge in [0.1, 0.15) is 12.4 Å². The van der Waals surface area contributed by atoms with Crippen LogP contribution in [0.25, 0.3) is 0 Å². The van der Waals surface area contributed by atoms with Gasteiger partial charge in [0.05, 0.1) is 21.7 Å². The lowest BCUT2D eigenvalue weighted by Gasteiger charge is -2.14. The van der Waals surface area contributed by atoms with Gasteiger partial charge in [-0.25, -0.2) is 8.42 Å². The minimum atomic E-state index is -5.59. The Labute approximate surface area is 199 Å². The van der Waals surface area contributed by atoms with E-state index in [1.54, 1.807) is 24.3 Å². The third-order valence-corrected chi connectivity index (χ3v) is 6.10. The number of hydrogen-bond acceptors (Lipinski definition) is 5. The van der Waals surface area contributed by atoms with Crippen molar-refractivity contribution in [1.82, 2.24) is 0 Å². The van der Waals surface area contributed by atoms with Crippen molar-refractivity contribution in [3.63, 3.8) is 0 Å². The zero-order valence-corrected chi connectivity index (χ0v) is 18.8. The van der Waals surface area contributed by atoms with Crippen LogP contribution < -0.4 is 15.4 Å². The summed E-state index contributed by atoms with van der Waals surface area (Å²) in [6.45, 7) is 3.73. The maximum Gasteiger partial charge on any atom is 0.501 e. The first-order valence-electron chi connectivity index (χ1n) is 10.0. The number of rotatable bonds is 8. The number of halogens is 3. The highest BCUT2D eigenvalue weighted by atomic mass is 32.2. The van der Waals surface area contributed by atoms with Crippen molar-refractivity contribution >= 4 is 33.0 Å². The number of benzene rings is 3. The van der Waals surface area contributed by atoms with Gasteiger partial charge in [0.15, 0.2) is 0 Å². The highest BCUT2D eigenvalue weighted by Crippen LogP contribution is 2.31. The van der Waals surface area contributed by atoms with Crippen molar-refractivity contribution in [2.75, 3.05) is 17.2 Å². The van der Waals surface area contributed by atoms with E-state index in [1.807, 2.05) is 0 Å². The zero-order chi connectivity index (χ0) is 25.6. The van der Waals surface area contributed by atoms with Crippen molar-refractivity contribution in [2.24, 2.45) is 0 Å². The Bertz CT molecular complexity index is 1370. The van der Waals surface area contributed by atoms with E-state index in [9.17, 15) is 31.2 Å². The van der Waals surface area contributed by atoms with Crippen LogP contribution in [-0.2, 0) is 9.84 Å². The molecule has 0 atom stereocenters. The van der Waals surface area contributed by atoms with Crippen molar-refractivity contribution in [1.29, 1.82) is 0 Å². The first-order chi connectivity index (χ1) is 16.5. The molecule has 0 radical (unpaired) electrons. The summed E-state index contributed by atoms with van der Waals surface area (Å²) >= 11 is 0. The third kappa shape index (κ3) is 5.87. The van der Waals surface area contributed by atoms with E-state index in [0.29, 0.717) is 11.8 Å². The predicted octanol–water partition coefficient (Wildman–Crippen LogP) is 5.05. The number of hydrogen-bond donors (Lipinski definition) is 2. The molecule has 0 aliphatic heterocycles. The Kier molecular flexibility index (Phi) is 7.60. The molecule has 2 amide bonds. The van der Waals surface area contributed by atoms with Crippen molar-refractivity contribution in [3.05, 3.63) is 96.6 Å². The second-order valence-electron chi connectivity index (χ2n) is 7.03. The summed E-state index contributed by atoms with van der Waals surface area (Å²) in [4.78, 5) is 24.7. The van der Waals surface area contributed by atoms with Crippen LogP contribution in [0.1, 0.15) is 20.7 Å². The maximum atomic E-state index is 12.9. The molecule has 11 heteroatoms. The van der Waals surface area contributed by atoms with Crippen LogP contribution in [0.4, 0.5) is 24.5 Å². The third-order valence-electron chi connectivity index (χ3n) is 4.62. The average molecular weight is 504 g/mol. The van der Waals surface area contributed by atoms with Crippen LogP contribution in [0.5, 0.6) is 5.75 Å². The van der Waals surface area contributed by atoms with E-state index in [0.717, 1.165) is 12.1 Å². The Balaban J connectivity index is 1.84. The van der Waals surface area contributed by atoms with Gasteiger partial charge in [0.2, 0.25) is 0 Å². The lowest BCUT2D eigenvalue weighted by Crippen LogP contribution is -2.23. The smallest absolute Gasteiger partial charge is 0.489 e. The van der Waals surface area contributed by atoms with E-state index in [2.05, 4.69) is 17.2 Å². The summed E-state index contributed by atoms with van der Waals surface area (Å²) in [5.41, 5.74) is -5.35. The molecule has 0 bridgehead atoms. The molecule has 2 N–H and O–H groups in total. The molecule has 0 aromatic heterocycles. The van der Waals surface area contributed by atoms with Gasteiger partial charge in [-0.2, -0.15) is 13.2 Å². The first-order valence-corrected chi connectivity index (χ1v) is 11.5. The van der Waals surface area contributed by atoms with E-state index >= 15 is 0 Å². The first kappa shape index (κ1) is 25.5. The monoisotopic (exact) mass is 504 g/mol. The fraction of sp³-hybridized carbons (Fsp3) is 0.0833. The molecule has 0 saturated heterocycles. The van der Waals surface area contributed by atoms with Crippen molar-refractivity contribution in [2.45, 2.75) is 10.4 Å². The molecule has 35 heavy (non-hydrogen) atoms. The van der Waals surface area contributed by atoms with Crippen LogP contribution >= 0.6 is 0 Å². The van der Waals surface area contributed by atoms with Gasteiger partial charge in [-0.15, -0.1) is 0 Å². The largest absolute Gasteiger partial charge is 0.501 e. The Hall–Kier alpha value is -4.12. The number of alkyl halides is 3. The number of para-hydroxylation sites is 2. The van der Waals surface area contributed by atoms with Gasteiger partial charge in [0.25, 0.3) is 21.7 Å². The molecule has 3 aromatic carbocycles. The van der Waals surface area contributed by atoms with Crippen LogP contribution in [-0.4, -0.2) is 32.3 Å². The second kappa shape index (κ2) is 10.4. The summed E-state index contributed by atoms with van der Waals surface area (Å²) < 4.78 is 67.4. The van der Waals surface area contributed by atoms with Crippen molar-refractivity contribution in [3.8, 4) is 5.75 Å². The molecule has 3 rings (SSSR count). The van der Waals surface area contributed by atoms with E-state index in [4.69, 9.17) is 4.74 Å². The number of carbonyl (C=O) groups excluding carboxylic acids is 2. The second-order valence-corrected chi connectivity index (χ2v) is 8.97. The zero-order valence-electron chi connectivity index (χ0n) is 18.0. The number of ether oxygens (including phenoxy) is 1. The van der Waals surface area contributed by atoms with Crippen LogP contribution in [0.15, 0.2) is 90.3 Å². The summed E-state index contributed by atoms with van der Waals surface area (Å²) in [6, 6.07) is 16.2. The molecular weight excluding hydrogens is 485 g/mol. The number of nitrogens with one attached hydrogen (secondary N) is 2. The molecular formula is C24H19F3N2O5S. The van der Waals surface area contributed by atoms with Crippen LogP contribution in [0.3, 0.4) is 0 Å². The molecule has 0 saturated carbocycles. The van der Waals surface area contributed by atoms with Gasteiger partial charge >= 0.3 is 5.51 Å². The number of anilines is 2. The van der Waals surface area contributed by atoms with Crippen LogP contribution in [0.2, 0.25) is 0 Å². The van der Waals surface area contributed by atoms with Gasteiger partial charge < -0.3 is 15.4 Å². The summed E-state index contributed by atoms with van der Waals surface area (Å²) in [5.74, 6) is -1.05.